The summed E-state index contributed by atoms with van der Waals surface area (Å²) < 4.78 is 8.45. The van der Waals surface area contributed by atoms with Gasteiger partial charge in [-0.1, -0.05) is 78.9 Å². The highest BCUT2D eigenvalue weighted by Crippen LogP contribution is 2.39. The quantitative estimate of drug-likeness (QED) is 0.208. The Morgan fingerprint density at radius 1 is 0.591 bits per heavy atom. The number of rotatable bonds is 5. The van der Waals surface area contributed by atoms with Crippen molar-refractivity contribution in [3.63, 3.8) is 0 Å². The number of aromatic nitrogens is 2. The molecule has 0 radical (unpaired) electrons. The van der Waals surface area contributed by atoms with E-state index in [4.69, 9.17) is 14.4 Å². The maximum absolute atomic E-state index is 6.34. The van der Waals surface area contributed by atoms with E-state index in [1.54, 1.807) is 0 Å². The Morgan fingerprint density at radius 3 is 1.91 bits per heavy atom. The van der Waals surface area contributed by atoms with Gasteiger partial charge in [-0.25, -0.2) is 0 Å². The summed E-state index contributed by atoms with van der Waals surface area (Å²) in [4.78, 5) is 12.4. The fourth-order valence-corrected chi connectivity index (χ4v) is 6.40. The fraction of sp³-hybridized carbons (Fsp3) is 0.0256. The Morgan fingerprint density at radius 2 is 1.23 bits per heavy atom. The van der Waals surface area contributed by atoms with E-state index in [0.29, 0.717) is 6.01 Å². The van der Waals surface area contributed by atoms with E-state index in [-0.39, 0.29) is 0 Å². The predicted molar refractivity (Wildman–Crippen MR) is 179 cm³/mol. The second-order valence-electron chi connectivity index (χ2n) is 11.1. The summed E-state index contributed by atoms with van der Waals surface area (Å²) in [5, 5.41) is 2.36. The third kappa shape index (κ3) is 3.94. The van der Waals surface area contributed by atoms with Crippen molar-refractivity contribution < 1.29 is 4.42 Å². The number of fused-ring (bicyclic) bond motifs is 5. The lowest BCUT2D eigenvalue weighted by atomic mass is 10.0. The van der Waals surface area contributed by atoms with Crippen molar-refractivity contribution >= 4 is 61.4 Å². The van der Waals surface area contributed by atoms with Gasteiger partial charge in [0.1, 0.15) is 5.52 Å². The second kappa shape index (κ2) is 9.82. The third-order valence-electron chi connectivity index (χ3n) is 8.45. The monoisotopic (exact) mass is 566 g/mol. The number of nitrogens with zero attached hydrogens (tertiary/aromatic N) is 4. The highest BCUT2D eigenvalue weighted by molar-refractivity contribution is 6.10. The Balaban J connectivity index is 1.09. The van der Waals surface area contributed by atoms with Gasteiger partial charge in [0.2, 0.25) is 0 Å². The predicted octanol–water partition coefficient (Wildman–Crippen LogP) is 10.1. The zero-order valence-corrected chi connectivity index (χ0v) is 23.8. The van der Waals surface area contributed by atoms with Crippen molar-refractivity contribution in [2.24, 2.45) is 4.99 Å². The number of hydrogen-bond acceptors (Lipinski definition) is 4. The van der Waals surface area contributed by atoms with Gasteiger partial charge in [-0.15, -0.1) is 0 Å². The van der Waals surface area contributed by atoms with E-state index in [2.05, 4.69) is 137 Å². The molecule has 0 aliphatic carbocycles. The summed E-state index contributed by atoms with van der Waals surface area (Å²) in [6, 6.07) is 51.0. The largest absolute Gasteiger partial charge is 0.423 e. The molecule has 3 heterocycles. The minimum atomic E-state index is 0.567. The molecule has 0 bridgehead atoms. The minimum absolute atomic E-state index is 0.567. The summed E-state index contributed by atoms with van der Waals surface area (Å²) in [5.41, 5.74) is 11.3. The van der Waals surface area contributed by atoms with Gasteiger partial charge in [0, 0.05) is 34.3 Å². The lowest BCUT2D eigenvalue weighted by Crippen LogP contribution is -2.09. The van der Waals surface area contributed by atoms with Gasteiger partial charge >= 0.3 is 6.01 Å². The molecule has 0 N–H and O–H groups in total. The molecule has 1 aliphatic rings. The lowest BCUT2D eigenvalue weighted by Gasteiger charge is -2.25. The van der Waals surface area contributed by atoms with Crippen LogP contribution in [0.1, 0.15) is 11.1 Å². The van der Waals surface area contributed by atoms with E-state index in [1.807, 2.05) is 18.2 Å². The molecule has 0 atom stereocenters. The molecule has 2 aromatic heterocycles. The first kappa shape index (κ1) is 24.6. The van der Waals surface area contributed by atoms with Crippen LogP contribution in [-0.2, 0) is 6.42 Å². The second-order valence-corrected chi connectivity index (χ2v) is 11.1. The van der Waals surface area contributed by atoms with Crippen molar-refractivity contribution in [3.05, 3.63) is 157 Å². The minimum Gasteiger partial charge on any atom is -0.423 e. The van der Waals surface area contributed by atoms with Crippen LogP contribution in [0.25, 0.3) is 38.9 Å². The molecule has 5 nitrogen and oxygen atoms in total. The van der Waals surface area contributed by atoms with Gasteiger partial charge in [-0.2, -0.15) is 4.98 Å². The Hall–Kier alpha value is -5.94. The zero-order valence-electron chi connectivity index (χ0n) is 23.8. The highest BCUT2D eigenvalue weighted by Gasteiger charge is 2.21. The smallest absolute Gasteiger partial charge is 0.307 e. The van der Waals surface area contributed by atoms with Crippen molar-refractivity contribution in [1.29, 1.82) is 0 Å². The molecule has 8 aromatic rings. The van der Waals surface area contributed by atoms with Crippen LogP contribution in [0.3, 0.4) is 0 Å². The molecule has 5 heteroatoms. The maximum atomic E-state index is 6.34. The van der Waals surface area contributed by atoms with Crippen molar-refractivity contribution in [3.8, 4) is 6.01 Å². The molecule has 9 rings (SSSR count). The number of oxazole rings is 1. The molecular weight excluding hydrogens is 540 g/mol. The van der Waals surface area contributed by atoms with Gasteiger partial charge in [-0.3, -0.25) is 9.56 Å². The van der Waals surface area contributed by atoms with Crippen LogP contribution < -0.4 is 4.90 Å². The number of benzene rings is 6. The van der Waals surface area contributed by atoms with Gasteiger partial charge < -0.3 is 9.32 Å². The Kier molecular flexibility index (Phi) is 5.50. The number of anilines is 3. The van der Waals surface area contributed by atoms with Crippen LogP contribution in [0.4, 0.5) is 22.7 Å². The van der Waals surface area contributed by atoms with Crippen molar-refractivity contribution in [2.75, 3.05) is 4.90 Å². The third-order valence-corrected chi connectivity index (χ3v) is 8.45. The van der Waals surface area contributed by atoms with Crippen LogP contribution in [-0.4, -0.2) is 15.3 Å². The molecule has 0 saturated carbocycles. The van der Waals surface area contributed by atoms with Crippen LogP contribution in [0.5, 0.6) is 0 Å². The van der Waals surface area contributed by atoms with Gasteiger partial charge in [-0.05, 0) is 77.9 Å². The van der Waals surface area contributed by atoms with Crippen molar-refractivity contribution in [2.45, 2.75) is 6.42 Å². The van der Waals surface area contributed by atoms with E-state index >= 15 is 0 Å². The Bertz CT molecular complexity index is 2270. The van der Waals surface area contributed by atoms with Crippen LogP contribution in [0, 0.1) is 0 Å². The molecule has 1 aliphatic heterocycles. The van der Waals surface area contributed by atoms with Gasteiger partial charge in [0.15, 0.2) is 5.58 Å². The average Bonchev–Trinajstić information content (AvgIpc) is 3.79. The summed E-state index contributed by atoms with van der Waals surface area (Å²) in [7, 11) is 0. The van der Waals surface area contributed by atoms with E-state index in [9.17, 15) is 0 Å². The van der Waals surface area contributed by atoms with E-state index < -0.39 is 0 Å². The number of aliphatic imine (C=N–C) groups is 1. The molecule has 44 heavy (non-hydrogen) atoms. The Labute approximate surface area is 254 Å². The van der Waals surface area contributed by atoms with E-state index in [0.717, 1.165) is 62.6 Å². The molecule has 208 valence electrons. The highest BCUT2D eigenvalue weighted by atomic mass is 16.4. The molecule has 0 unspecified atom stereocenters. The van der Waals surface area contributed by atoms with Crippen LogP contribution in [0.2, 0.25) is 0 Å². The SMILES string of the molecule is c1ccc(N(c2ccccc2)c2ccc3c(c2)N=C(c2ccc4oc(-n5c6ccccc6c6ccccc65)nc4c2)C3)cc1. The van der Waals surface area contributed by atoms with Gasteiger partial charge in [0.05, 0.1) is 22.4 Å². The average molecular weight is 567 g/mol. The first-order valence-corrected chi connectivity index (χ1v) is 14.8. The van der Waals surface area contributed by atoms with Crippen LogP contribution >= 0.6 is 0 Å². The fourth-order valence-electron chi connectivity index (χ4n) is 6.40. The standard InChI is InChI=1S/C39H26N4O/c1-3-11-28(12-4-1)42(29-13-5-2-6-14-29)30-21-19-26-23-33(40-34(26)25-30)27-20-22-38-35(24-27)41-39(44-38)43-36-17-9-7-15-31(36)32-16-8-10-18-37(32)43/h1-22,24-25H,23H2. The number of para-hydroxylation sites is 4. The first-order valence-electron chi connectivity index (χ1n) is 14.8. The molecule has 0 spiro atoms. The molecule has 0 amide bonds. The summed E-state index contributed by atoms with van der Waals surface area (Å²) >= 11 is 0. The summed E-state index contributed by atoms with van der Waals surface area (Å²) in [6.45, 7) is 0. The molecule has 0 fully saturated rings. The van der Waals surface area contributed by atoms with E-state index in [1.165, 1.54) is 16.3 Å². The van der Waals surface area contributed by atoms with Crippen LogP contribution in [0.15, 0.2) is 155 Å². The normalized spacial score (nSPS) is 12.6. The maximum Gasteiger partial charge on any atom is 0.307 e. The van der Waals surface area contributed by atoms with Crippen molar-refractivity contribution in [1.82, 2.24) is 9.55 Å². The summed E-state index contributed by atoms with van der Waals surface area (Å²) in [6.07, 6.45) is 0.773. The topological polar surface area (TPSA) is 46.6 Å². The summed E-state index contributed by atoms with van der Waals surface area (Å²) in [5.74, 6) is 0. The number of hydrogen-bond donors (Lipinski definition) is 0. The molecular formula is C39H26N4O. The molecule has 0 saturated heterocycles. The lowest BCUT2D eigenvalue weighted by molar-refractivity contribution is 0.574. The zero-order chi connectivity index (χ0) is 29.0. The molecule has 6 aromatic carbocycles. The van der Waals surface area contributed by atoms with Gasteiger partial charge in [0.25, 0.3) is 0 Å². The first-order chi connectivity index (χ1) is 21.8.